The molecule has 0 radical (unpaired) electrons. The second-order valence-corrected chi connectivity index (χ2v) is 7.34. The van der Waals surface area contributed by atoms with E-state index in [2.05, 4.69) is 0 Å². The van der Waals surface area contributed by atoms with Crippen molar-refractivity contribution in [3.8, 4) is 5.75 Å². The Morgan fingerprint density at radius 3 is 2.70 bits per heavy atom. The fourth-order valence-electron chi connectivity index (χ4n) is 3.21. The Morgan fingerprint density at radius 2 is 2.00 bits per heavy atom. The maximum Gasteiger partial charge on any atom is 0.293 e. The largest absolute Gasteiger partial charge is 0.508 e. The van der Waals surface area contributed by atoms with E-state index in [0.29, 0.717) is 17.4 Å². The van der Waals surface area contributed by atoms with Crippen LogP contribution in [0.5, 0.6) is 5.75 Å². The zero-order chi connectivity index (χ0) is 16.4. The number of aryl methyl sites for hydroxylation is 1. The number of thioether (sulfide) groups is 1. The molecule has 1 aliphatic carbocycles. The molecular formula is C18H21NO3S. The smallest absolute Gasteiger partial charge is 0.293 e. The van der Waals surface area contributed by atoms with Crippen molar-refractivity contribution in [2.24, 2.45) is 5.92 Å². The van der Waals surface area contributed by atoms with Crippen LogP contribution in [-0.2, 0) is 4.79 Å². The first-order valence-electron chi connectivity index (χ1n) is 8.09. The molecule has 5 heteroatoms. The molecule has 1 saturated carbocycles. The van der Waals surface area contributed by atoms with Crippen molar-refractivity contribution in [1.82, 2.24) is 4.90 Å². The molecule has 2 fully saturated rings. The van der Waals surface area contributed by atoms with Crippen LogP contribution in [-0.4, -0.2) is 27.7 Å². The number of hydrogen-bond acceptors (Lipinski definition) is 4. The number of hydrogen-bond donors (Lipinski definition) is 1. The Bertz CT molecular complexity index is 662. The van der Waals surface area contributed by atoms with Crippen LogP contribution in [0, 0.1) is 12.8 Å². The summed E-state index contributed by atoms with van der Waals surface area (Å²) in [5.41, 5.74) is 1.57. The van der Waals surface area contributed by atoms with Gasteiger partial charge >= 0.3 is 0 Å². The molecular weight excluding hydrogens is 310 g/mol. The van der Waals surface area contributed by atoms with Crippen LogP contribution in [0.25, 0.3) is 6.08 Å². The Kier molecular flexibility index (Phi) is 4.76. The van der Waals surface area contributed by atoms with Crippen molar-refractivity contribution in [3.05, 3.63) is 34.2 Å². The topological polar surface area (TPSA) is 57.6 Å². The molecule has 1 aromatic carbocycles. The molecule has 1 heterocycles. The number of imide groups is 1. The minimum atomic E-state index is -0.184. The number of benzene rings is 1. The highest BCUT2D eigenvalue weighted by molar-refractivity contribution is 8.18. The van der Waals surface area contributed by atoms with Crippen LogP contribution in [0.1, 0.15) is 43.2 Å². The summed E-state index contributed by atoms with van der Waals surface area (Å²) in [5, 5.41) is 9.40. The van der Waals surface area contributed by atoms with E-state index in [1.54, 1.807) is 18.2 Å². The van der Waals surface area contributed by atoms with Gasteiger partial charge in [0.15, 0.2) is 0 Å². The van der Waals surface area contributed by atoms with Crippen LogP contribution in [0.2, 0.25) is 0 Å². The van der Waals surface area contributed by atoms with E-state index in [9.17, 15) is 14.7 Å². The summed E-state index contributed by atoms with van der Waals surface area (Å²) in [5.74, 6) is 0.497. The maximum atomic E-state index is 12.5. The lowest BCUT2D eigenvalue weighted by Crippen LogP contribution is -2.34. The van der Waals surface area contributed by atoms with Crippen LogP contribution < -0.4 is 0 Å². The maximum absolute atomic E-state index is 12.5. The second kappa shape index (κ2) is 6.79. The lowest BCUT2D eigenvalue weighted by molar-refractivity contribution is -0.123. The summed E-state index contributed by atoms with van der Waals surface area (Å²) in [6.45, 7) is 2.36. The zero-order valence-corrected chi connectivity index (χ0v) is 14.1. The number of amides is 2. The Hall–Kier alpha value is -1.75. The lowest BCUT2D eigenvalue weighted by atomic mass is 9.89. The van der Waals surface area contributed by atoms with E-state index in [0.717, 1.165) is 35.7 Å². The number of phenols is 1. The number of aromatic hydroxyl groups is 1. The molecule has 2 amide bonds. The first kappa shape index (κ1) is 16.1. The summed E-state index contributed by atoms with van der Waals surface area (Å²) in [7, 11) is 0. The van der Waals surface area contributed by atoms with Gasteiger partial charge in [0.05, 0.1) is 4.91 Å². The molecule has 0 bridgehead atoms. The predicted molar refractivity (Wildman–Crippen MR) is 92.1 cm³/mol. The SMILES string of the molecule is Cc1cc(/C=C2\SC(=O)N(CC3CCCCC3)C2=O)ccc1O. The molecule has 0 atom stereocenters. The highest BCUT2D eigenvalue weighted by Gasteiger charge is 2.36. The molecule has 4 nitrogen and oxygen atoms in total. The molecule has 1 aromatic rings. The van der Waals surface area contributed by atoms with Crippen LogP contribution >= 0.6 is 11.8 Å². The minimum absolute atomic E-state index is 0.165. The van der Waals surface area contributed by atoms with Gasteiger partial charge in [-0.2, -0.15) is 0 Å². The van der Waals surface area contributed by atoms with Gasteiger partial charge in [-0.05, 0) is 66.8 Å². The standard InChI is InChI=1S/C18H21NO3S/c1-12-9-14(7-8-15(12)20)10-16-17(21)19(18(22)23-16)11-13-5-3-2-4-6-13/h7-10,13,20H,2-6,11H2,1H3/b16-10-. The summed E-state index contributed by atoms with van der Waals surface area (Å²) in [4.78, 5) is 26.6. The molecule has 0 spiro atoms. The third-order valence-corrected chi connectivity index (χ3v) is 5.47. The van der Waals surface area contributed by atoms with E-state index >= 15 is 0 Å². The number of rotatable bonds is 3. The highest BCUT2D eigenvalue weighted by atomic mass is 32.2. The van der Waals surface area contributed by atoms with Gasteiger partial charge in [-0.15, -0.1) is 0 Å². The Balaban J connectivity index is 1.74. The molecule has 3 rings (SSSR count). The van der Waals surface area contributed by atoms with Crippen molar-refractivity contribution in [2.75, 3.05) is 6.54 Å². The highest BCUT2D eigenvalue weighted by Crippen LogP contribution is 2.35. The molecule has 0 aromatic heterocycles. The lowest BCUT2D eigenvalue weighted by Gasteiger charge is -2.25. The molecule has 1 saturated heterocycles. The van der Waals surface area contributed by atoms with Crippen molar-refractivity contribution in [3.63, 3.8) is 0 Å². The Morgan fingerprint density at radius 1 is 1.26 bits per heavy atom. The average Bonchev–Trinajstić information content (AvgIpc) is 2.80. The van der Waals surface area contributed by atoms with Crippen molar-refractivity contribution >= 4 is 29.0 Å². The van der Waals surface area contributed by atoms with Gasteiger partial charge in [-0.25, -0.2) is 0 Å². The number of carbonyl (C=O) groups excluding carboxylic acids is 2. The van der Waals surface area contributed by atoms with Gasteiger partial charge in [0.2, 0.25) is 0 Å². The van der Waals surface area contributed by atoms with Gasteiger partial charge in [0.1, 0.15) is 5.75 Å². The van der Waals surface area contributed by atoms with E-state index in [4.69, 9.17) is 0 Å². The molecule has 1 N–H and O–H groups in total. The third-order valence-electron chi connectivity index (χ3n) is 4.56. The van der Waals surface area contributed by atoms with Crippen molar-refractivity contribution < 1.29 is 14.7 Å². The summed E-state index contributed by atoms with van der Waals surface area (Å²) < 4.78 is 0. The zero-order valence-electron chi connectivity index (χ0n) is 13.2. The van der Waals surface area contributed by atoms with Gasteiger partial charge in [0.25, 0.3) is 11.1 Å². The predicted octanol–water partition coefficient (Wildman–Crippen LogP) is 4.32. The third kappa shape index (κ3) is 3.61. The summed E-state index contributed by atoms with van der Waals surface area (Å²) >= 11 is 1.01. The van der Waals surface area contributed by atoms with E-state index in [1.807, 2.05) is 13.0 Å². The monoisotopic (exact) mass is 331 g/mol. The molecule has 2 aliphatic rings. The quantitative estimate of drug-likeness (QED) is 0.838. The van der Waals surface area contributed by atoms with Crippen molar-refractivity contribution in [1.29, 1.82) is 0 Å². The molecule has 23 heavy (non-hydrogen) atoms. The van der Waals surface area contributed by atoms with Gasteiger partial charge < -0.3 is 5.11 Å². The van der Waals surface area contributed by atoms with Gasteiger partial charge in [-0.3, -0.25) is 14.5 Å². The van der Waals surface area contributed by atoms with E-state index in [1.165, 1.54) is 24.2 Å². The number of carbonyl (C=O) groups is 2. The summed E-state index contributed by atoms with van der Waals surface area (Å²) in [6.07, 6.45) is 7.61. The average molecular weight is 331 g/mol. The van der Waals surface area contributed by atoms with Crippen LogP contribution in [0.15, 0.2) is 23.1 Å². The normalized spacial score (nSPS) is 21.4. The van der Waals surface area contributed by atoms with Gasteiger partial charge in [0, 0.05) is 6.54 Å². The second-order valence-electron chi connectivity index (χ2n) is 6.34. The molecule has 0 unspecified atom stereocenters. The molecule has 122 valence electrons. The number of phenolic OH excluding ortho intramolecular Hbond substituents is 1. The van der Waals surface area contributed by atoms with E-state index < -0.39 is 0 Å². The van der Waals surface area contributed by atoms with Crippen LogP contribution in [0.4, 0.5) is 4.79 Å². The summed E-state index contributed by atoms with van der Waals surface area (Å²) in [6, 6.07) is 5.16. The van der Waals surface area contributed by atoms with Crippen LogP contribution in [0.3, 0.4) is 0 Å². The van der Waals surface area contributed by atoms with E-state index in [-0.39, 0.29) is 16.9 Å². The Labute approximate surface area is 140 Å². The number of nitrogens with zero attached hydrogens (tertiary/aromatic N) is 1. The van der Waals surface area contributed by atoms with Crippen molar-refractivity contribution in [2.45, 2.75) is 39.0 Å². The minimum Gasteiger partial charge on any atom is -0.508 e. The fourth-order valence-corrected chi connectivity index (χ4v) is 4.05. The molecule has 1 aliphatic heterocycles. The first-order valence-corrected chi connectivity index (χ1v) is 8.91. The first-order chi connectivity index (χ1) is 11.0. The van der Waals surface area contributed by atoms with Gasteiger partial charge in [-0.1, -0.05) is 25.3 Å². The fraction of sp³-hybridized carbons (Fsp3) is 0.444.